The predicted octanol–water partition coefficient (Wildman–Crippen LogP) is 4.15. The Morgan fingerprint density at radius 1 is 1.03 bits per heavy atom. The maximum Gasteiger partial charge on any atom is 0.249 e. The van der Waals surface area contributed by atoms with Gasteiger partial charge in [0.25, 0.3) is 0 Å². The van der Waals surface area contributed by atoms with Crippen LogP contribution in [0.25, 0.3) is 10.6 Å². The molecule has 2 amide bonds. The van der Waals surface area contributed by atoms with E-state index in [1.165, 1.54) is 11.3 Å². The summed E-state index contributed by atoms with van der Waals surface area (Å²) in [5.74, 6) is -0.805. The average molecular weight is 449 g/mol. The summed E-state index contributed by atoms with van der Waals surface area (Å²) >= 11 is 13.0. The van der Waals surface area contributed by atoms with Gasteiger partial charge in [-0.05, 0) is 24.6 Å². The SMILES string of the molecule is C[C@@H](Cl)C(=O)N[C@@H](Cc1ccccc1)C(=O)Nc1nnc(-c2ccc(Cl)cc2)s1. The molecular weight excluding hydrogens is 431 g/mol. The van der Waals surface area contributed by atoms with Gasteiger partial charge in [-0.2, -0.15) is 0 Å². The molecule has 0 aliphatic heterocycles. The van der Waals surface area contributed by atoms with Crippen LogP contribution in [0.2, 0.25) is 5.02 Å². The van der Waals surface area contributed by atoms with Crippen molar-refractivity contribution in [1.82, 2.24) is 15.5 Å². The monoisotopic (exact) mass is 448 g/mol. The zero-order valence-corrected chi connectivity index (χ0v) is 17.8. The Bertz CT molecular complexity index is 978. The Balaban J connectivity index is 1.73. The van der Waals surface area contributed by atoms with Crippen molar-refractivity contribution in [3.05, 3.63) is 65.2 Å². The molecule has 0 saturated heterocycles. The lowest BCUT2D eigenvalue weighted by Crippen LogP contribution is -2.47. The van der Waals surface area contributed by atoms with Crippen LogP contribution in [0.1, 0.15) is 12.5 Å². The number of hydrogen-bond donors (Lipinski definition) is 2. The van der Waals surface area contributed by atoms with Crippen LogP contribution >= 0.6 is 34.5 Å². The van der Waals surface area contributed by atoms with Crippen LogP contribution in [0.15, 0.2) is 54.6 Å². The molecular formula is C20H18Cl2N4O2S. The van der Waals surface area contributed by atoms with Gasteiger partial charge in [0.2, 0.25) is 16.9 Å². The molecule has 0 aliphatic carbocycles. The van der Waals surface area contributed by atoms with Crippen molar-refractivity contribution in [2.24, 2.45) is 0 Å². The lowest BCUT2D eigenvalue weighted by atomic mass is 10.1. The molecule has 2 aromatic carbocycles. The Kier molecular flexibility index (Phi) is 7.19. The Morgan fingerprint density at radius 3 is 2.38 bits per heavy atom. The van der Waals surface area contributed by atoms with Crippen LogP contribution in [-0.4, -0.2) is 33.4 Å². The number of anilines is 1. The number of carbonyl (C=O) groups is 2. The van der Waals surface area contributed by atoms with Crippen molar-refractivity contribution in [3.8, 4) is 10.6 Å². The van der Waals surface area contributed by atoms with Crippen LogP contribution in [0, 0.1) is 0 Å². The highest BCUT2D eigenvalue weighted by atomic mass is 35.5. The molecule has 1 heterocycles. The molecule has 0 aliphatic rings. The summed E-state index contributed by atoms with van der Waals surface area (Å²) in [4.78, 5) is 24.9. The quantitative estimate of drug-likeness (QED) is 0.531. The van der Waals surface area contributed by atoms with Gasteiger partial charge >= 0.3 is 0 Å². The minimum absolute atomic E-state index is 0.324. The number of aromatic nitrogens is 2. The van der Waals surface area contributed by atoms with Crippen molar-refractivity contribution in [2.75, 3.05) is 5.32 Å². The number of carbonyl (C=O) groups excluding carboxylic acids is 2. The summed E-state index contributed by atoms with van der Waals surface area (Å²) in [7, 11) is 0. The highest BCUT2D eigenvalue weighted by molar-refractivity contribution is 7.18. The standard InChI is InChI=1S/C20H18Cl2N4O2S/c1-12(21)17(27)23-16(11-13-5-3-2-4-6-13)18(28)24-20-26-25-19(29-20)14-7-9-15(22)10-8-14/h2-10,12,16H,11H2,1H3,(H,23,27)(H,24,26,28)/t12-,16+/m1/s1. The summed E-state index contributed by atoms with van der Waals surface area (Å²) in [5, 5.41) is 14.4. The molecule has 0 saturated carbocycles. The van der Waals surface area contributed by atoms with Crippen molar-refractivity contribution in [2.45, 2.75) is 24.8 Å². The third-order valence-corrected chi connectivity index (χ3v) is 5.36. The zero-order valence-electron chi connectivity index (χ0n) is 15.4. The second-order valence-electron chi connectivity index (χ2n) is 6.28. The van der Waals surface area contributed by atoms with E-state index in [4.69, 9.17) is 23.2 Å². The molecule has 3 rings (SSSR count). The predicted molar refractivity (Wildman–Crippen MR) is 116 cm³/mol. The van der Waals surface area contributed by atoms with Gasteiger partial charge in [-0.15, -0.1) is 21.8 Å². The summed E-state index contributed by atoms with van der Waals surface area (Å²) in [6.45, 7) is 1.55. The summed E-state index contributed by atoms with van der Waals surface area (Å²) < 4.78 is 0. The fourth-order valence-corrected chi connectivity index (χ4v) is 3.46. The van der Waals surface area contributed by atoms with Gasteiger partial charge < -0.3 is 5.32 Å². The molecule has 9 heteroatoms. The van der Waals surface area contributed by atoms with E-state index in [9.17, 15) is 9.59 Å². The first-order chi connectivity index (χ1) is 13.9. The van der Waals surface area contributed by atoms with E-state index in [0.717, 1.165) is 11.1 Å². The molecule has 150 valence electrons. The molecule has 0 spiro atoms. The minimum Gasteiger partial charge on any atom is -0.343 e. The molecule has 0 unspecified atom stereocenters. The topological polar surface area (TPSA) is 84.0 Å². The van der Waals surface area contributed by atoms with Crippen molar-refractivity contribution in [3.63, 3.8) is 0 Å². The number of alkyl halides is 1. The number of benzene rings is 2. The van der Waals surface area contributed by atoms with Gasteiger partial charge in [-0.1, -0.05) is 65.4 Å². The third kappa shape index (κ3) is 6.00. The summed E-state index contributed by atoms with van der Waals surface area (Å²) in [6, 6.07) is 15.8. The van der Waals surface area contributed by atoms with E-state index in [2.05, 4.69) is 20.8 Å². The molecule has 2 atom stereocenters. The highest BCUT2D eigenvalue weighted by Crippen LogP contribution is 2.27. The Morgan fingerprint density at radius 2 is 1.72 bits per heavy atom. The van der Waals surface area contributed by atoms with E-state index in [-0.39, 0.29) is 0 Å². The molecule has 6 nitrogen and oxygen atoms in total. The third-order valence-electron chi connectivity index (χ3n) is 4.02. The fourth-order valence-electron chi connectivity index (χ4n) is 2.52. The van der Waals surface area contributed by atoms with Crippen LogP contribution in [0.5, 0.6) is 0 Å². The molecule has 1 aromatic heterocycles. The Labute approximate surface area is 182 Å². The molecule has 2 N–H and O–H groups in total. The smallest absolute Gasteiger partial charge is 0.249 e. The van der Waals surface area contributed by atoms with Crippen molar-refractivity contribution in [1.29, 1.82) is 0 Å². The van der Waals surface area contributed by atoms with E-state index >= 15 is 0 Å². The van der Waals surface area contributed by atoms with E-state index in [1.807, 2.05) is 42.5 Å². The minimum atomic E-state index is -0.797. The number of rotatable bonds is 7. The van der Waals surface area contributed by atoms with Gasteiger partial charge in [0.05, 0.1) is 0 Å². The lowest BCUT2D eigenvalue weighted by molar-refractivity contribution is -0.126. The number of halogens is 2. The van der Waals surface area contributed by atoms with E-state index in [1.54, 1.807) is 19.1 Å². The second kappa shape index (κ2) is 9.82. The number of nitrogens with one attached hydrogen (secondary N) is 2. The lowest BCUT2D eigenvalue weighted by Gasteiger charge is -2.18. The van der Waals surface area contributed by atoms with Crippen LogP contribution in [0.3, 0.4) is 0 Å². The number of hydrogen-bond acceptors (Lipinski definition) is 5. The van der Waals surface area contributed by atoms with Crippen molar-refractivity contribution >= 4 is 51.5 Å². The summed E-state index contributed by atoms with van der Waals surface area (Å²) in [6.07, 6.45) is 0.324. The second-order valence-corrected chi connectivity index (χ2v) is 8.34. The first-order valence-electron chi connectivity index (χ1n) is 8.81. The normalized spacial score (nSPS) is 12.8. The van der Waals surface area contributed by atoms with E-state index in [0.29, 0.717) is 21.6 Å². The first kappa shape index (κ1) is 21.2. The van der Waals surface area contributed by atoms with E-state index < -0.39 is 23.2 Å². The largest absolute Gasteiger partial charge is 0.343 e. The highest BCUT2D eigenvalue weighted by Gasteiger charge is 2.24. The molecule has 0 bridgehead atoms. The molecule has 0 radical (unpaired) electrons. The summed E-state index contributed by atoms with van der Waals surface area (Å²) in [5.41, 5.74) is 1.76. The molecule has 29 heavy (non-hydrogen) atoms. The van der Waals surface area contributed by atoms with Gasteiger partial charge in [0.1, 0.15) is 16.4 Å². The van der Waals surface area contributed by atoms with Gasteiger partial charge in [-0.25, -0.2) is 0 Å². The number of nitrogens with zero attached hydrogens (tertiary/aromatic N) is 2. The van der Waals surface area contributed by atoms with Crippen LogP contribution in [-0.2, 0) is 16.0 Å². The van der Waals surface area contributed by atoms with Crippen LogP contribution < -0.4 is 10.6 Å². The molecule has 0 fully saturated rings. The van der Waals surface area contributed by atoms with Gasteiger partial charge in [-0.3, -0.25) is 14.9 Å². The van der Waals surface area contributed by atoms with Crippen LogP contribution in [0.4, 0.5) is 5.13 Å². The average Bonchev–Trinajstić information content (AvgIpc) is 3.17. The Hall–Kier alpha value is -2.48. The molecule has 3 aromatic rings. The first-order valence-corrected chi connectivity index (χ1v) is 10.4. The van der Waals surface area contributed by atoms with Gasteiger partial charge in [0, 0.05) is 17.0 Å². The maximum absolute atomic E-state index is 12.8. The maximum atomic E-state index is 12.8. The zero-order chi connectivity index (χ0) is 20.8. The van der Waals surface area contributed by atoms with Gasteiger partial charge in [0.15, 0.2) is 0 Å². The fraction of sp³-hybridized carbons (Fsp3) is 0.200. The number of amides is 2. The van der Waals surface area contributed by atoms with Crippen molar-refractivity contribution < 1.29 is 9.59 Å².